The number of hydrogen-bond donors (Lipinski definition) is 1. The van der Waals surface area contributed by atoms with Crippen molar-refractivity contribution in [1.29, 1.82) is 0 Å². The van der Waals surface area contributed by atoms with Crippen LogP contribution in [-0.2, 0) is 6.54 Å². The van der Waals surface area contributed by atoms with Gasteiger partial charge in [0.2, 0.25) is 5.88 Å². The van der Waals surface area contributed by atoms with E-state index < -0.39 is 0 Å². The second-order valence-corrected chi connectivity index (χ2v) is 6.65. The second-order valence-electron chi connectivity index (χ2n) is 4.86. The van der Waals surface area contributed by atoms with Crippen LogP contribution < -0.4 is 10.1 Å². The van der Waals surface area contributed by atoms with Gasteiger partial charge in [0.05, 0.1) is 0 Å². The van der Waals surface area contributed by atoms with E-state index in [4.69, 9.17) is 27.9 Å². The molecule has 0 amide bonds. The van der Waals surface area contributed by atoms with Gasteiger partial charge in [-0.3, -0.25) is 0 Å². The Kier molecular flexibility index (Phi) is 5.88. The minimum Gasteiger partial charge on any atom is -0.439 e. The van der Waals surface area contributed by atoms with Gasteiger partial charge < -0.3 is 10.1 Å². The summed E-state index contributed by atoms with van der Waals surface area (Å²) in [6, 6.07) is 7.42. The number of pyridine rings is 1. The fourth-order valence-electron chi connectivity index (χ4n) is 1.70. The lowest BCUT2D eigenvalue weighted by atomic mass is 10.2. The van der Waals surface area contributed by atoms with Gasteiger partial charge in [-0.15, -0.1) is 0 Å². The molecule has 1 aromatic heterocycles. The van der Waals surface area contributed by atoms with Crippen molar-refractivity contribution in [2.75, 3.05) is 0 Å². The van der Waals surface area contributed by atoms with Crippen molar-refractivity contribution in [2.24, 2.45) is 0 Å². The lowest BCUT2D eigenvalue weighted by molar-refractivity contribution is 0.450. The Morgan fingerprint density at radius 2 is 1.86 bits per heavy atom. The first-order valence-electron chi connectivity index (χ1n) is 6.46. The van der Waals surface area contributed by atoms with Crippen molar-refractivity contribution in [3.05, 3.63) is 50.5 Å². The number of nitrogens with zero attached hydrogens (tertiary/aromatic N) is 1. The van der Waals surface area contributed by atoms with Gasteiger partial charge in [-0.25, -0.2) is 4.98 Å². The summed E-state index contributed by atoms with van der Waals surface area (Å²) in [4.78, 5) is 4.32. The van der Waals surface area contributed by atoms with E-state index >= 15 is 0 Å². The molecule has 0 aliphatic heterocycles. The summed E-state index contributed by atoms with van der Waals surface area (Å²) in [5, 5.41) is 4.39. The first-order chi connectivity index (χ1) is 9.94. The fraction of sp³-hybridized carbons (Fsp3) is 0.267. The zero-order valence-electron chi connectivity index (χ0n) is 11.7. The van der Waals surface area contributed by atoms with Crippen LogP contribution >= 0.6 is 39.1 Å². The molecule has 0 bridgehead atoms. The van der Waals surface area contributed by atoms with Crippen molar-refractivity contribution in [3.8, 4) is 11.6 Å². The molecule has 2 rings (SSSR count). The van der Waals surface area contributed by atoms with Crippen LogP contribution in [0.2, 0.25) is 10.0 Å². The maximum absolute atomic E-state index is 5.98. The van der Waals surface area contributed by atoms with Crippen molar-refractivity contribution < 1.29 is 4.74 Å². The molecule has 0 radical (unpaired) electrons. The molecule has 0 unspecified atom stereocenters. The van der Waals surface area contributed by atoms with E-state index in [2.05, 4.69) is 40.1 Å². The number of benzene rings is 1. The highest BCUT2D eigenvalue weighted by atomic mass is 79.9. The van der Waals surface area contributed by atoms with Crippen molar-refractivity contribution in [3.63, 3.8) is 0 Å². The van der Waals surface area contributed by atoms with E-state index in [9.17, 15) is 0 Å². The molecule has 0 atom stereocenters. The van der Waals surface area contributed by atoms with Gasteiger partial charge in [0.25, 0.3) is 0 Å². The van der Waals surface area contributed by atoms with Gasteiger partial charge in [-0.05, 0) is 40.2 Å². The highest BCUT2D eigenvalue weighted by Gasteiger charge is 2.09. The summed E-state index contributed by atoms with van der Waals surface area (Å²) in [7, 11) is 0. The summed E-state index contributed by atoms with van der Waals surface area (Å²) in [6.07, 6.45) is 1.69. The molecule has 21 heavy (non-hydrogen) atoms. The third-order valence-electron chi connectivity index (χ3n) is 2.64. The van der Waals surface area contributed by atoms with Crippen LogP contribution in [0, 0.1) is 0 Å². The third kappa shape index (κ3) is 5.15. The summed E-state index contributed by atoms with van der Waals surface area (Å²) < 4.78 is 6.72. The maximum Gasteiger partial charge on any atom is 0.223 e. The largest absolute Gasteiger partial charge is 0.439 e. The van der Waals surface area contributed by atoms with Gasteiger partial charge in [-0.2, -0.15) is 0 Å². The molecule has 1 aromatic carbocycles. The van der Waals surface area contributed by atoms with Crippen LogP contribution in [-0.4, -0.2) is 11.0 Å². The fourth-order valence-corrected chi connectivity index (χ4v) is 2.59. The van der Waals surface area contributed by atoms with E-state index in [1.165, 1.54) is 0 Å². The lowest BCUT2D eigenvalue weighted by Crippen LogP contribution is -2.22. The van der Waals surface area contributed by atoms with E-state index in [0.29, 0.717) is 34.3 Å². The molecule has 0 fully saturated rings. The molecule has 3 nitrogen and oxygen atoms in total. The first-order valence-corrected chi connectivity index (χ1v) is 8.00. The average Bonchev–Trinajstić information content (AvgIpc) is 2.37. The van der Waals surface area contributed by atoms with Crippen LogP contribution in [0.25, 0.3) is 0 Å². The smallest absolute Gasteiger partial charge is 0.223 e. The van der Waals surface area contributed by atoms with Crippen molar-refractivity contribution in [1.82, 2.24) is 10.3 Å². The zero-order valence-corrected chi connectivity index (χ0v) is 14.8. The number of halogens is 3. The molecule has 2 aromatic rings. The Balaban J connectivity index is 2.25. The molecule has 6 heteroatoms. The highest BCUT2D eigenvalue weighted by Crippen LogP contribution is 2.30. The Morgan fingerprint density at radius 3 is 2.48 bits per heavy atom. The van der Waals surface area contributed by atoms with Gasteiger partial charge in [0.1, 0.15) is 5.75 Å². The SMILES string of the molecule is CC(C)NCc1cc(Br)cnc1Oc1cc(Cl)cc(Cl)c1. The summed E-state index contributed by atoms with van der Waals surface area (Å²) in [6.45, 7) is 4.83. The highest BCUT2D eigenvalue weighted by molar-refractivity contribution is 9.10. The predicted octanol–water partition coefficient (Wildman–Crippen LogP) is 5.44. The van der Waals surface area contributed by atoms with Crippen molar-refractivity contribution in [2.45, 2.75) is 26.4 Å². The van der Waals surface area contributed by atoms with Crippen molar-refractivity contribution >= 4 is 39.1 Å². The topological polar surface area (TPSA) is 34.2 Å². The number of ether oxygens (including phenoxy) is 1. The maximum atomic E-state index is 5.98. The molecule has 0 saturated heterocycles. The Hall–Kier alpha value is -0.810. The molecular weight excluding hydrogens is 375 g/mol. The quantitative estimate of drug-likeness (QED) is 0.738. The van der Waals surface area contributed by atoms with Gasteiger partial charge in [0, 0.05) is 38.9 Å². The lowest BCUT2D eigenvalue weighted by Gasteiger charge is -2.13. The molecule has 1 heterocycles. The minimum atomic E-state index is 0.373. The molecule has 1 N–H and O–H groups in total. The third-order valence-corrected chi connectivity index (χ3v) is 3.51. The monoisotopic (exact) mass is 388 g/mol. The number of aromatic nitrogens is 1. The molecule has 0 aliphatic rings. The van der Waals surface area contributed by atoms with Crippen LogP contribution in [0.4, 0.5) is 0 Å². The van der Waals surface area contributed by atoms with Crippen LogP contribution in [0.5, 0.6) is 11.6 Å². The molecule has 112 valence electrons. The van der Waals surface area contributed by atoms with E-state index in [1.54, 1.807) is 24.4 Å². The second kappa shape index (κ2) is 7.45. The Bertz CT molecular complexity index is 615. The minimum absolute atomic E-state index is 0.373. The molecule has 0 aliphatic carbocycles. The Morgan fingerprint density at radius 1 is 1.19 bits per heavy atom. The molecule has 0 saturated carbocycles. The van der Waals surface area contributed by atoms with Gasteiger partial charge in [0.15, 0.2) is 0 Å². The summed E-state index contributed by atoms with van der Waals surface area (Å²) in [5.74, 6) is 1.10. The Labute approximate surface area is 142 Å². The van der Waals surface area contributed by atoms with Crippen LogP contribution in [0.1, 0.15) is 19.4 Å². The van der Waals surface area contributed by atoms with E-state index in [-0.39, 0.29) is 0 Å². The standard InChI is InChI=1S/C15H15BrCl2N2O/c1-9(2)19-7-10-3-11(16)8-20-15(10)21-14-5-12(17)4-13(18)6-14/h3-6,8-9,19H,7H2,1-2H3. The summed E-state index contributed by atoms with van der Waals surface area (Å²) >= 11 is 15.4. The molecule has 0 spiro atoms. The normalized spacial score (nSPS) is 11.0. The number of hydrogen-bond acceptors (Lipinski definition) is 3. The van der Waals surface area contributed by atoms with Gasteiger partial charge in [-0.1, -0.05) is 37.0 Å². The van der Waals surface area contributed by atoms with Crippen LogP contribution in [0.3, 0.4) is 0 Å². The van der Waals surface area contributed by atoms with E-state index in [0.717, 1.165) is 10.0 Å². The number of rotatable bonds is 5. The van der Waals surface area contributed by atoms with Gasteiger partial charge >= 0.3 is 0 Å². The molecular formula is C15H15BrCl2N2O. The first kappa shape index (κ1) is 16.6. The van der Waals surface area contributed by atoms with E-state index in [1.807, 2.05) is 6.07 Å². The van der Waals surface area contributed by atoms with Crippen LogP contribution in [0.15, 0.2) is 34.9 Å². The number of nitrogens with one attached hydrogen (secondary N) is 1. The zero-order chi connectivity index (χ0) is 15.4. The predicted molar refractivity (Wildman–Crippen MR) is 90.4 cm³/mol. The summed E-state index contributed by atoms with van der Waals surface area (Å²) in [5.41, 5.74) is 0.953. The average molecular weight is 390 g/mol.